The van der Waals surface area contributed by atoms with Gasteiger partial charge in [0.2, 0.25) is 0 Å². The molecule has 2 aliphatic heterocycles. The predicted molar refractivity (Wildman–Crippen MR) is 168 cm³/mol. The highest BCUT2D eigenvalue weighted by molar-refractivity contribution is 6.24. The van der Waals surface area contributed by atoms with Gasteiger partial charge in [-0.2, -0.15) is 0 Å². The number of hydrogen-bond donors (Lipinski definition) is 2. The van der Waals surface area contributed by atoms with Crippen LogP contribution < -0.4 is 25.8 Å². The van der Waals surface area contributed by atoms with Crippen LogP contribution in [0.5, 0.6) is 11.5 Å². The minimum absolute atomic E-state index is 0.00583. The van der Waals surface area contributed by atoms with Crippen molar-refractivity contribution in [2.45, 2.75) is 31.8 Å². The van der Waals surface area contributed by atoms with E-state index in [2.05, 4.69) is 46.0 Å². The molecule has 3 aromatic rings. The van der Waals surface area contributed by atoms with E-state index in [0.29, 0.717) is 48.1 Å². The summed E-state index contributed by atoms with van der Waals surface area (Å²) in [6, 6.07) is 21.3. The lowest BCUT2D eigenvalue weighted by Gasteiger charge is -2.39. The van der Waals surface area contributed by atoms with Crippen LogP contribution in [0.25, 0.3) is 0 Å². The number of imide groups is 1. The van der Waals surface area contributed by atoms with E-state index < -0.39 is 6.04 Å². The summed E-state index contributed by atoms with van der Waals surface area (Å²) in [7, 11) is 3.13. The minimum atomic E-state index is -0.544. The van der Waals surface area contributed by atoms with E-state index in [1.165, 1.54) is 10.5 Å². The molecule has 1 fully saturated rings. The Morgan fingerprint density at radius 2 is 1.58 bits per heavy atom. The summed E-state index contributed by atoms with van der Waals surface area (Å²) < 4.78 is 11.0. The average molecular weight is 585 g/mol. The maximum absolute atomic E-state index is 14.2. The number of methoxy groups -OCH3 is 2. The largest absolute Gasteiger partial charge is 0.493 e. The van der Waals surface area contributed by atoms with Gasteiger partial charge in [-0.15, -0.1) is 0 Å². The highest BCUT2D eigenvalue weighted by atomic mass is 16.5. The molecule has 2 unspecified atom stereocenters. The number of guanidine groups is 1. The lowest BCUT2D eigenvalue weighted by Crippen LogP contribution is -2.47. The molecule has 0 aliphatic carbocycles. The van der Waals surface area contributed by atoms with Gasteiger partial charge < -0.3 is 25.8 Å². The number of aliphatic imine (C=N–C) groups is 1. The molecule has 0 spiro atoms. The number of carbonyl (C=O) groups is 2. The highest BCUT2D eigenvalue weighted by Gasteiger charge is 2.43. The Hall–Kier alpha value is -4.57. The van der Waals surface area contributed by atoms with Crippen molar-refractivity contribution in [3.8, 4) is 11.5 Å². The average Bonchev–Trinajstić information content (AvgIpc) is 3.30. The molecule has 2 amide bonds. The molecule has 0 saturated carbocycles. The Bertz CT molecular complexity index is 1480. The van der Waals surface area contributed by atoms with Crippen molar-refractivity contribution in [1.29, 1.82) is 0 Å². The lowest BCUT2D eigenvalue weighted by atomic mass is 9.99. The number of hydrogen-bond acceptors (Lipinski definition) is 7. The summed E-state index contributed by atoms with van der Waals surface area (Å²) in [5, 5.41) is 0. The zero-order valence-corrected chi connectivity index (χ0v) is 25.0. The lowest BCUT2D eigenvalue weighted by molar-refractivity contribution is 0.0572. The fourth-order valence-electron chi connectivity index (χ4n) is 6.12. The molecule has 5 rings (SSSR count). The van der Waals surface area contributed by atoms with Crippen LogP contribution in [0.4, 0.5) is 5.69 Å². The Morgan fingerprint density at radius 3 is 2.26 bits per heavy atom. The monoisotopic (exact) mass is 584 g/mol. The van der Waals surface area contributed by atoms with Crippen LogP contribution in [-0.4, -0.2) is 74.5 Å². The van der Waals surface area contributed by atoms with E-state index in [-0.39, 0.29) is 17.8 Å². The number of nitrogens with zero attached hydrogens (tertiary/aromatic N) is 4. The van der Waals surface area contributed by atoms with E-state index in [9.17, 15) is 9.59 Å². The first-order valence-electron chi connectivity index (χ1n) is 14.7. The minimum Gasteiger partial charge on any atom is -0.493 e. The van der Waals surface area contributed by atoms with Gasteiger partial charge >= 0.3 is 0 Å². The summed E-state index contributed by atoms with van der Waals surface area (Å²) in [4.78, 5) is 38.3. The summed E-state index contributed by atoms with van der Waals surface area (Å²) in [6.45, 7) is 5.83. The van der Waals surface area contributed by atoms with Crippen LogP contribution in [0.3, 0.4) is 0 Å². The van der Waals surface area contributed by atoms with Crippen LogP contribution in [0.1, 0.15) is 63.7 Å². The van der Waals surface area contributed by atoms with Crippen LogP contribution in [0.15, 0.2) is 71.7 Å². The Morgan fingerprint density at radius 1 is 0.860 bits per heavy atom. The van der Waals surface area contributed by atoms with Gasteiger partial charge in [0.25, 0.3) is 11.8 Å². The van der Waals surface area contributed by atoms with Gasteiger partial charge in [0.05, 0.1) is 37.1 Å². The van der Waals surface area contributed by atoms with Crippen LogP contribution in [-0.2, 0) is 0 Å². The quantitative estimate of drug-likeness (QED) is 0.150. The number of fused-ring (bicyclic) bond motifs is 1. The number of amides is 2. The molecular formula is C33H40N6O4. The third-order valence-electron chi connectivity index (χ3n) is 8.44. The number of piperazine rings is 1. The molecule has 2 heterocycles. The SMILES string of the molecule is COc1ccc(C(CCCN=C(N)N)N2C(=O)c3cccc(N4CCN(C(C)c5ccccc5)CC4)c3C2=O)cc1OC. The van der Waals surface area contributed by atoms with E-state index >= 15 is 0 Å². The van der Waals surface area contributed by atoms with Crippen molar-refractivity contribution in [3.63, 3.8) is 0 Å². The van der Waals surface area contributed by atoms with Gasteiger partial charge in [-0.25, -0.2) is 0 Å². The van der Waals surface area contributed by atoms with Crippen molar-refractivity contribution in [1.82, 2.24) is 9.80 Å². The zero-order valence-electron chi connectivity index (χ0n) is 25.0. The molecule has 2 aliphatic rings. The molecule has 0 radical (unpaired) electrons. The number of nitrogens with two attached hydrogens (primary N) is 2. The van der Waals surface area contributed by atoms with Gasteiger partial charge in [-0.1, -0.05) is 42.5 Å². The first-order valence-corrected chi connectivity index (χ1v) is 14.7. The number of ether oxygens (including phenoxy) is 2. The molecule has 4 N–H and O–H groups in total. The molecule has 3 aromatic carbocycles. The number of carbonyl (C=O) groups excluding carboxylic acids is 2. The van der Waals surface area contributed by atoms with Crippen molar-refractivity contribution in [2.24, 2.45) is 16.5 Å². The van der Waals surface area contributed by atoms with E-state index in [1.54, 1.807) is 26.4 Å². The smallest absolute Gasteiger partial charge is 0.264 e. The molecule has 1 saturated heterocycles. The number of benzene rings is 3. The van der Waals surface area contributed by atoms with Gasteiger partial charge in [-0.3, -0.25) is 24.4 Å². The molecule has 226 valence electrons. The predicted octanol–water partition coefficient (Wildman–Crippen LogP) is 3.98. The zero-order chi connectivity index (χ0) is 30.5. The summed E-state index contributed by atoms with van der Waals surface area (Å²) >= 11 is 0. The topological polar surface area (TPSA) is 127 Å². The maximum atomic E-state index is 14.2. The second-order valence-electron chi connectivity index (χ2n) is 10.9. The standard InChI is InChI=1S/C33H40N6O4/c1-22(23-9-5-4-6-10-23)37-17-19-38(20-18-37)27-12-7-11-25-30(27)32(41)39(31(25)40)26(13-8-16-36-33(34)35)24-14-15-28(42-2)29(21-24)43-3/h4-7,9-12,14-15,21-22,26H,8,13,16-20H2,1-3H3,(H4,34,35,36). The first-order chi connectivity index (χ1) is 20.8. The van der Waals surface area contributed by atoms with Crippen LogP contribution in [0.2, 0.25) is 0 Å². The fourth-order valence-corrected chi connectivity index (χ4v) is 6.12. The first kappa shape index (κ1) is 29.9. The van der Waals surface area contributed by atoms with Gasteiger partial charge in [0.15, 0.2) is 17.5 Å². The van der Waals surface area contributed by atoms with E-state index in [4.69, 9.17) is 20.9 Å². The summed E-state index contributed by atoms with van der Waals surface area (Å²) in [5.74, 6) is 0.494. The van der Waals surface area contributed by atoms with Crippen molar-refractivity contribution in [3.05, 3.63) is 89.0 Å². The maximum Gasteiger partial charge on any atom is 0.264 e. The Labute approximate surface area is 252 Å². The van der Waals surface area contributed by atoms with Crippen LogP contribution >= 0.6 is 0 Å². The molecule has 0 bridgehead atoms. The Balaban J connectivity index is 1.41. The van der Waals surface area contributed by atoms with Crippen LogP contribution in [0, 0.1) is 0 Å². The Kier molecular flexibility index (Phi) is 9.16. The normalized spacial score (nSPS) is 16.5. The third kappa shape index (κ3) is 6.15. The molecular weight excluding hydrogens is 544 g/mol. The van der Waals surface area contributed by atoms with Crippen molar-refractivity contribution >= 4 is 23.5 Å². The highest BCUT2D eigenvalue weighted by Crippen LogP contribution is 2.40. The molecule has 10 nitrogen and oxygen atoms in total. The third-order valence-corrected chi connectivity index (χ3v) is 8.44. The second-order valence-corrected chi connectivity index (χ2v) is 10.9. The van der Waals surface area contributed by atoms with Crippen molar-refractivity contribution < 1.29 is 19.1 Å². The molecule has 2 atom stereocenters. The van der Waals surface area contributed by atoms with E-state index in [1.807, 2.05) is 30.3 Å². The summed E-state index contributed by atoms with van der Waals surface area (Å²) in [5.41, 5.74) is 14.8. The molecule has 10 heteroatoms. The fraction of sp³-hybridized carbons (Fsp3) is 0.364. The van der Waals surface area contributed by atoms with Gasteiger partial charge in [0, 0.05) is 38.8 Å². The van der Waals surface area contributed by atoms with Gasteiger partial charge in [-0.05, 0) is 55.2 Å². The summed E-state index contributed by atoms with van der Waals surface area (Å²) in [6.07, 6.45) is 1.04. The number of rotatable bonds is 11. The molecule has 0 aromatic heterocycles. The number of anilines is 1. The van der Waals surface area contributed by atoms with Crippen molar-refractivity contribution in [2.75, 3.05) is 51.8 Å². The second kappa shape index (κ2) is 13.2. The van der Waals surface area contributed by atoms with Gasteiger partial charge in [0.1, 0.15) is 0 Å². The van der Waals surface area contributed by atoms with E-state index in [0.717, 1.165) is 37.4 Å². The molecule has 43 heavy (non-hydrogen) atoms.